The van der Waals surface area contributed by atoms with E-state index in [0.29, 0.717) is 35.3 Å². The molecule has 0 unspecified atom stereocenters. The zero-order chi connectivity index (χ0) is 18.5. The smallest absolute Gasteiger partial charge is 0.257 e. The molecule has 4 aliphatic heterocycles. The largest absolute Gasteiger partial charge is 0.333 e. The highest BCUT2D eigenvalue weighted by Gasteiger charge is 2.54. The first-order chi connectivity index (χ1) is 13.1. The monoisotopic (exact) mass is 362 g/mol. The molecule has 1 aromatic heterocycles. The summed E-state index contributed by atoms with van der Waals surface area (Å²) >= 11 is 0. The first-order valence-corrected chi connectivity index (χ1v) is 10.0. The number of nitrogens with zero attached hydrogens (tertiary/aromatic N) is 4. The van der Waals surface area contributed by atoms with Crippen molar-refractivity contribution in [3.63, 3.8) is 0 Å². The number of fused-ring (bicyclic) bond motifs is 2. The van der Waals surface area contributed by atoms with Crippen LogP contribution in [0.3, 0.4) is 0 Å². The molecule has 5 heterocycles. The van der Waals surface area contributed by atoms with Gasteiger partial charge in [0.1, 0.15) is 5.82 Å². The Morgan fingerprint density at radius 3 is 2.52 bits per heavy atom. The molecule has 0 N–H and O–H groups in total. The zero-order valence-electron chi connectivity index (χ0n) is 16.0. The molecule has 6 rings (SSSR count). The molecule has 0 saturated carbocycles. The van der Waals surface area contributed by atoms with Crippen LogP contribution in [0.5, 0.6) is 0 Å². The van der Waals surface area contributed by atoms with Gasteiger partial charge in [-0.05, 0) is 51.3 Å². The molecule has 5 nitrogen and oxygen atoms in total. The molecule has 4 fully saturated rings. The van der Waals surface area contributed by atoms with E-state index in [-0.39, 0.29) is 5.91 Å². The van der Waals surface area contributed by atoms with E-state index >= 15 is 0 Å². The van der Waals surface area contributed by atoms with Gasteiger partial charge in [0.2, 0.25) is 0 Å². The van der Waals surface area contributed by atoms with Gasteiger partial charge in [0.15, 0.2) is 0 Å². The normalized spacial score (nSPS) is 31.8. The summed E-state index contributed by atoms with van der Waals surface area (Å²) in [6.07, 6.45) is 4.12. The number of benzene rings is 1. The Balaban J connectivity index is 1.53. The van der Waals surface area contributed by atoms with Crippen molar-refractivity contribution >= 4 is 5.91 Å². The molecule has 1 amide bonds. The third-order valence-corrected chi connectivity index (χ3v) is 6.81. The summed E-state index contributed by atoms with van der Waals surface area (Å²) in [5, 5.41) is 0. The van der Waals surface area contributed by atoms with Crippen LogP contribution in [0.4, 0.5) is 0 Å². The number of likely N-dealkylation sites (tertiary alicyclic amines) is 1. The quantitative estimate of drug-likeness (QED) is 0.824. The fourth-order valence-corrected chi connectivity index (χ4v) is 5.60. The van der Waals surface area contributed by atoms with Gasteiger partial charge in [0, 0.05) is 24.7 Å². The van der Waals surface area contributed by atoms with Gasteiger partial charge in [-0.1, -0.05) is 30.3 Å². The first-order valence-electron chi connectivity index (χ1n) is 10.0. The molecular weight excluding hydrogens is 336 g/mol. The van der Waals surface area contributed by atoms with Crippen molar-refractivity contribution in [1.29, 1.82) is 0 Å². The number of carbonyl (C=O) groups excluding carboxylic acids is 1. The van der Waals surface area contributed by atoms with Crippen molar-refractivity contribution in [1.82, 2.24) is 19.8 Å². The van der Waals surface area contributed by atoms with Crippen LogP contribution in [0.2, 0.25) is 0 Å². The molecule has 0 spiro atoms. The highest BCUT2D eigenvalue weighted by atomic mass is 16.2. The molecule has 2 aromatic rings. The number of hydrogen-bond acceptors (Lipinski definition) is 4. The van der Waals surface area contributed by atoms with Crippen LogP contribution in [0.25, 0.3) is 0 Å². The highest BCUT2D eigenvalue weighted by molar-refractivity contribution is 5.95. The van der Waals surface area contributed by atoms with Crippen molar-refractivity contribution in [2.45, 2.75) is 44.7 Å². The van der Waals surface area contributed by atoms with Crippen LogP contribution in [-0.4, -0.2) is 57.4 Å². The van der Waals surface area contributed by atoms with Crippen LogP contribution in [-0.2, 0) is 0 Å². The molecule has 0 aliphatic carbocycles. The minimum atomic E-state index is 0.106. The van der Waals surface area contributed by atoms with Crippen LogP contribution >= 0.6 is 0 Å². The predicted octanol–water partition coefficient (Wildman–Crippen LogP) is 2.80. The van der Waals surface area contributed by atoms with E-state index in [1.54, 1.807) is 6.20 Å². The summed E-state index contributed by atoms with van der Waals surface area (Å²) in [5.41, 5.74) is 2.80. The maximum absolute atomic E-state index is 13.5. The average molecular weight is 362 g/mol. The van der Waals surface area contributed by atoms with Gasteiger partial charge < -0.3 is 4.90 Å². The summed E-state index contributed by atoms with van der Waals surface area (Å²) in [4.78, 5) is 27.0. The fraction of sp³-hybridized carbons (Fsp3) is 0.500. The second-order valence-corrected chi connectivity index (χ2v) is 8.25. The van der Waals surface area contributed by atoms with E-state index in [1.165, 1.54) is 31.5 Å². The fourth-order valence-electron chi connectivity index (χ4n) is 5.60. The van der Waals surface area contributed by atoms with E-state index in [1.807, 2.05) is 13.8 Å². The Hall–Kier alpha value is -2.27. The van der Waals surface area contributed by atoms with Crippen LogP contribution in [0.15, 0.2) is 36.5 Å². The summed E-state index contributed by atoms with van der Waals surface area (Å²) in [5.74, 6) is 1.82. The van der Waals surface area contributed by atoms with Crippen LogP contribution < -0.4 is 0 Å². The Labute approximate surface area is 160 Å². The third kappa shape index (κ3) is 2.67. The third-order valence-electron chi connectivity index (χ3n) is 6.81. The topological polar surface area (TPSA) is 49.3 Å². The molecule has 0 radical (unpaired) electrons. The zero-order valence-corrected chi connectivity index (χ0v) is 16.0. The minimum Gasteiger partial charge on any atom is -0.333 e. The average Bonchev–Trinajstić information content (AvgIpc) is 3.12. The Kier molecular flexibility index (Phi) is 4.01. The number of amides is 1. The maximum Gasteiger partial charge on any atom is 0.257 e. The molecule has 3 atom stereocenters. The molecular formula is C22H26N4O. The molecule has 2 bridgehead atoms. The molecule has 27 heavy (non-hydrogen) atoms. The first kappa shape index (κ1) is 16.9. The number of aryl methyl sites for hydroxylation is 2. The lowest BCUT2D eigenvalue weighted by atomic mass is 9.75. The molecule has 4 aliphatic rings. The van der Waals surface area contributed by atoms with Crippen molar-refractivity contribution in [2.24, 2.45) is 5.92 Å². The lowest BCUT2D eigenvalue weighted by molar-refractivity contribution is -0.00345. The minimum absolute atomic E-state index is 0.106. The molecule has 1 aromatic carbocycles. The SMILES string of the molecule is Cc1ncc(C(=O)N2C[C@H](c3ccccc3)[C@@H]3[C@H]2C2CCN3CC2)c(C)n1. The van der Waals surface area contributed by atoms with Gasteiger partial charge in [-0.15, -0.1) is 0 Å². The van der Waals surface area contributed by atoms with Gasteiger partial charge in [-0.2, -0.15) is 0 Å². The van der Waals surface area contributed by atoms with Gasteiger partial charge in [0.05, 0.1) is 17.3 Å². The Morgan fingerprint density at radius 2 is 1.81 bits per heavy atom. The van der Waals surface area contributed by atoms with Crippen molar-refractivity contribution < 1.29 is 4.79 Å². The predicted molar refractivity (Wildman–Crippen MR) is 104 cm³/mol. The van der Waals surface area contributed by atoms with E-state index in [9.17, 15) is 4.79 Å². The van der Waals surface area contributed by atoms with Gasteiger partial charge in [-0.3, -0.25) is 9.69 Å². The Bertz CT molecular complexity index is 860. The number of hydrogen-bond donors (Lipinski definition) is 0. The lowest BCUT2D eigenvalue weighted by Gasteiger charge is -2.51. The number of piperidine rings is 3. The lowest BCUT2D eigenvalue weighted by Crippen LogP contribution is -2.60. The molecule has 5 heteroatoms. The Morgan fingerprint density at radius 1 is 1.07 bits per heavy atom. The standard InChI is InChI=1S/C22H26N4O/c1-14-18(12-23-15(2)24-14)22(27)26-13-19(16-6-4-3-5-7-16)21-20(26)17-8-10-25(21)11-9-17/h3-7,12,17,19-21H,8-11,13H2,1-2H3/t19-,20-,21-/m1/s1. The summed E-state index contributed by atoms with van der Waals surface area (Å²) < 4.78 is 0. The highest BCUT2D eigenvalue weighted by Crippen LogP contribution is 2.46. The van der Waals surface area contributed by atoms with Crippen LogP contribution in [0, 0.1) is 19.8 Å². The van der Waals surface area contributed by atoms with E-state index in [0.717, 1.165) is 12.2 Å². The van der Waals surface area contributed by atoms with Crippen molar-refractivity contribution in [3.05, 3.63) is 59.2 Å². The van der Waals surface area contributed by atoms with Gasteiger partial charge in [0.25, 0.3) is 5.91 Å². The summed E-state index contributed by atoms with van der Waals surface area (Å²) in [6.45, 7) is 6.92. The van der Waals surface area contributed by atoms with Crippen molar-refractivity contribution in [2.75, 3.05) is 19.6 Å². The number of carbonyl (C=O) groups is 1. The molecule has 140 valence electrons. The van der Waals surface area contributed by atoms with Gasteiger partial charge >= 0.3 is 0 Å². The van der Waals surface area contributed by atoms with Crippen LogP contribution in [0.1, 0.15) is 46.2 Å². The van der Waals surface area contributed by atoms with E-state index in [2.05, 4.69) is 50.1 Å². The van der Waals surface area contributed by atoms with Crippen molar-refractivity contribution in [3.8, 4) is 0 Å². The summed E-state index contributed by atoms with van der Waals surface area (Å²) in [6, 6.07) is 11.5. The number of aromatic nitrogens is 2. The van der Waals surface area contributed by atoms with E-state index in [4.69, 9.17) is 0 Å². The molecule has 4 saturated heterocycles. The van der Waals surface area contributed by atoms with Gasteiger partial charge in [-0.25, -0.2) is 9.97 Å². The second-order valence-electron chi connectivity index (χ2n) is 8.25. The summed E-state index contributed by atoms with van der Waals surface area (Å²) in [7, 11) is 0. The maximum atomic E-state index is 13.5. The second kappa shape index (κ2) is 6.41. The van der Waals surface area contributed by atoms with E-state index < -0.39 is 0 Å². The number of rotatable bonds is 2.